The van der Waals surface area contributed by atoms with Crippen LogP contribution in [0.25, 0.3) is 0 Å². The monoisotopic (exact) mass is 267 g/mol. The maximum atomic E-state index is 11.9. The highest BCUT2D eigenvalue weighted by atomic mass is 16.1. The van der Waals surface area contributed by atoms with Crippen molar-refractivity contribution in [2.45, 2.75) is 84.5 Å². The van der Waals surface area contributed by atoms with E-state index < -0.39 is 0 Å². The van der Waals surface area contributed by atoms with E-state index in [1.54, 1.807) is 0 Å². The molecule has 1 aliphatic carbocycles. The molecule has 19 heavy (non-hydrogen) atoms. The Hall–Kier alpha value is -0.530. The van der Waals surface area contributed by atoms with Gasteiger partial charge in [-0.25, -0.2) is 0 Å². The Morgan fingerprint density at radius 3 is 2.58 bits per heavy atom. The standard InChI is InChI=1S/C17H33NO/c1-3-5-9-15(4-2)14-18-17(19)13-12-16-10-7-6-8-11-16/h15-16H,3-14H2,1-2H3,(H,18,19). The van der Waals surface area contributed by atoms with Gasteiger partial charge in [0.1, 0.15) is 0 Å². The molecular weight excluding hydrogens is 234 g/mol. The maximum absolute atomic E-state index is 11.9. The van der Waals surface area contributed by atoms with Crippen LogP contribution in [0.4, 0.5) is 0 Å². The molecule has 1 fully saturated rings. The van der Waals surface area contributed by atoms with Crippen LogP contribution in [-0.4, -0.2) is 12.5 Å². The first-order chi connectivity index (χ1) is 9.26. The van der Waals surface area contributed by atoms with Gasteiger partial charge >= 0.3 is 0 Å². The van der Waals surface area contributed by atoms with E-state index in [4.69, 9.17) is 0 Å². The molecule has 2 nitrogen and oxygen atoms in total. The highest BCUT2D eigenvalue weighted by molar-refractivity contribution is 5.75. The van der Waals surface area contributed by atoms with Gasteiger partial charge in [0.2, 0.25) is 5.91 Å². The van der Waals surface area contributed by atoms with Crippen LogP contribution in [0.5, 0.6) is 0 Å². The average Bonchev–Trinajstić information content (AvgIpc) is 2.46. The lowest BCUT2D eigenvalue weighted by atomic mass is 9.86. The zero-order chi connectivity index (χ0) is 13.9. The first kappa shape index (κ1) is 16.5. The van der Waals surface area contributed by atoms with Crippen molar-refractivity contribution >= 4 is 5.91 Å². The lowest BCUT2D eigenvalue weighted by molar-refractivity contribution is -0.121. The van der Waals surface area contributed by atoms with Crippen molar-refractivity contribution in [3.8, 4) is 0 Å². The van der Waals surface area contributed by atoms with E-state index >= 15 is 0 Å². The van der Waals surface area contributed by atoms with Crippen LogP contribution in [-0.2, 0) is 4.79 Å². The Balaban J connectivity index is 2.08. The van der Waals surface area contributed by atoms with Crippen LogP contribution in [0.2, 0.25) is 0 Å². The second-order valence-corrected chi connectivity index (χ2v) is 6.26. The first-order valence-corrected chi connectivity index (χ1v) is 8.52. The highest BCUT2D eigenvalue weighted by Crippen LogP contribution is 2.27. The van der Waals surface area contributed by atoms with Gasteiger partial charge in [-0.3, -0.25) is 4.79 Å². The number of nitrogens with one attached hydrogen (secondary N) is 1. The molecule has 1 rings (SSSR count). The van der Waals surface area contributed by atoms with E-state index in [1.807, 2.05) is 0 Å². The summed E-state index contributed by atoms with van der Waals surface area (Å²) < 4.78 is 0. The Kier molecular flexibility index (Phi) is 8.94. The SMILES string of the molecule is CCCCC(CC)CNC(=O)CCC1CCCCC1. The highest BCUT2D eigenvalue weighted by Gasteiger charge is 2.15. The molecule has 0 aromatic heterocycles. The minimum Gasteiger partial charge on any atom is -0.356 e. The van der Waals surface area contributed by atoms with Crippen LogP contribution in [0, 0.1) is 11.8 Å². The summed E-state index contributed by atoms with van der Waals surface area (Å²) in [6.07, 6.45) is 13.7. The molecule has 0 aromatic carbocycles. The largest absolute Gasteiger partial charge is 0.356 e. The average molecular weight is 267 g/mol. The van der Waals surface area contributed by atoms with Gasteiger partial charge in [-0.05, 0) is 24.7 Å². The number of carbonyl (C=O) groups is 1. The molecule has 1 saturated carbocycles. The molecule has 0 spiro atoms. The third kappa shape index (κ3) is 7.59. The van der Waals surface area contributed by atoms with Crippen molar-refractivity contribution in [1.82, 2.24) is 5.32 Å². The normalized spacial score (nSPS) is 18.2. The van der Waals surface area contributed by atoms with Gasteiger partial charge in [0.25, 0.3) is 0 Å². The van der Waals surface area contributed by atoms with E-state index in [0.29, 0.717) is 5.92 Å². The predicted octanol–water partition coefficient (Wildman–Crippen LogP) is 4.68. The Morgan fingerprint density at radius 1 is 1.21 bits per heavy atom. The van der Waals surface area contributed by atoms with Crippen LogP contribution in [0.15, 0.2) is 0 Å². The molecule has 1 N–H and O–H groups in total. The number of rotatable bonds is 9. The minimum absolute atomic E-state index is 0.278. The van der Waals surface area contributed by atoms with Gasteiger partial charge in [-0.15, -0.1) is 0 Å². The molecule has 0 saturated heterocycles. The number of carbonyl (C=O) groups excluding carboxylic acids is 1. The minimum atomic E-state index is 0.278. The number of hydrogen-bond acceptors (Lipinski definition) is 1. The van der Waals surface area contributed by atoms with E-state index in [1.165, 1.54) is 57.8 Å². The smallest absolute Gasteiger partial charge is 0.220 e. The number of hydrogen-bond donors (Lipinski definition) is 1. The summed E-state index contributed by atoms with van der Waals surface area (Å²) >= 11 is 0. The third-order valence-electron chi connectivity index (χ3n) is 4.64. The van der Waals surface area contributed by atoms with Crippen LogP contribution < -0.4 is 5.32 Å². The van der Waals surface area contributed by atoms with Crippen molar-refractivity contribution in [3.63, 3.8) is 0 Å². The molecule has 0 aromatic rings. The Bertz CT molecular complexity index is 233. The van der Waals surface area contributed by atoms with Crippen LogP contribution in [0.1, 0.15) is 84.5 Å². The summed E-state index contributed by atoms with van der Waals surface area (Å²) in [7, 11) is 0. The van der Waals surface area contributed by atoms with Gasteiger partial charge in [-0.2, -0.15) is 0 Å². The molecule has 1 amide bonds. The molecule has 1 aliphatic rings. The molecule has 0 radical (unpaired) electrons. The lowest BCUT2D eigenvalue weighted by Gasteiger charge is -2.21. The van der Waals surface area contributed by atoms with Gasteiger partial charge < -0.3 is 5.32 Å². The predicted molar refractivity (Wildman–Crippen MR) is 82.1 cm³/mol. The van der Waals surface area contributed by atoms with Crippen molar-refractivity contribution in [3.05, 3.63) is 0 Å². The first-order valence-electron chi connectivity index (χ1n) is 8.52. The molecule has 0 heterocycles. The summed E-state index contributed by atoms with van der Waals surface area (Å²) in [4.78, 5) is 11.9. The van der Waals surface area contributed by atoms with Gasteiger partial charge in [0, 0.05) is 13.0 Å². The molecule has 112 valence electrons. The second-order valence-electron chi connectivity index (χ2n) is 6.26. The zero-order valence-electron chi connectivity index (χ0n) is 13.0. The van der Waals surface area contributed by atoms with Crippen LogP contribution >= 0.6 is 0 Å². The second kappa shape index (κ2) is 10.3. The van der Waals surface area contributed by atoms with Gasteiger partial charge in [0.15, 0.2) is 0 Å². The lowest BCUT2D eigenvalue weighted by Crippen LogP contribution is -2.29. The van der Waals surface area contributed by atoms with Crippen molar-refractivity contribution < 1.29 is 4.79 Å². The van der Waals surface area contributed by atoms with Crippen LogP contribution in [0.3, 0.4) is 0 Å². The van der Waals surface area contributed by atoms with E-state index in [9.17, 15) is 4.79 Å². The van der Waals surface area contributed by atoms with E-state index in [0.717, 1.165) is 25.3 Å². The number of amides is 1. The topological polar surface area (TPSA) is 29.1 Å². The summed E-state index contributed by atoms with van der Waals surface area (Å²) in [5.74, 6) is 1.78. The molecule has 1 atom stereocenters. The fourth-order valence-corrected chi connectivity index (χ4v) is 3.10. The summed E-state index contributed by atoms with van der Waals surface area (Å²) in [5, 5.41) is 3.14. The van der Waals surface area contributed by atoms with Gasteiger partial charge in [0.05, 0.1) is 0 Å². The summed E-state index contributed by atoms with van der Waals surface area (Å²) in [5.41, 5.74) is 0. The molecule has 0 aliphatic heterocycles. The molecular formula is C17H33NO. The quantitative estimate of drug-likeness (QED) is 0.645. The third-order valence-corrected chi connectivity index (χ3v) is 4.64. The fourth-order valence-electron chi connectivity index (χ4n) is 3.10. The van der Waals surface area contributed by atoms with Crippen molar-refractivity contribution in [1.29, 1.82) is 0 Å². The molecule has 2 heteroatoms. The van der Waals surface area contributed by atoms with Crippen molar-refractivity contribution in [2.24, 2.45) is 11.8 Å². The zero-order valence-corrected chi connectivity index (χ0v) is 13.0. The number of unbranched alkanes of at least 4 members (excludes halogenated alkanes) is 1. The van der Waals surface area contributed by atoms with Gasteiger partial charge in [-0.1, -0.05) is 65.2 Å². The molecule has 1 unspecified atom stereocenters. The Labute approximate surface area is 119 Å². The molecule has 0 bridgehead atoms. The van der Waals surface area contributed by atoms with E-state index in [-0.39, 0.29) is 5.91 Å². The summed E-state index contributed by atoms with van der Waals surface area (Å²) in [6, 6.07) is 0. The Morgan fingerprint density at radius 2 is 1.95 bits per heavy atom. The maximum Gasteiger partial charge on any atom is 0.220 e. The fraction of sp³-hybridized carbons (Fsp3) is 0.941. The van der Waals surface area contributed by atoms with E-state index in [2.05, 4.69) is 19.2 Å². The van der Waals surface area contributed by atoms with Crippen molar-refractivity contribution in [2.75, 3.05) is 6.54 Å². The summed E-state index contributed by atoms with van der Waals surface area (Å²) in [6.45, 7) is 5.35.